The highest BCUT2D eigenvalue weighted by Gasteiger charge is 2.31. The number of ether oxygens (including phenoxy) is 2. The van der Waals surface area contributed by atoms with Gasteiger partial charge < -0.3 is 14.8 Å². The van der Waals surface area contributed by atoms with Gasteiger partial charge in [-0.3, -0.25) is 14.6 Å². The minimum Gasteiger partial charge on any atom is -0.466 e. The molecule has 254 valence electrons. The Kier molecular flexibility index (Phi) is 10.1. The molecular formula is C35H35ClN6O4S3. The van der Waals surface area contributed by atoms with Crippen LogP contribution in [0.2, 0.25) is 5.15 Å². The first-order chi connectivity index (χ1) is 23.9. The van der Waals surface area contributed by atoms with Crippen molar-refractivity contribution in [1.29, 1.82) is 0 Å². The number of hydrogen-bond donors (Lipinski definition) is 1. The third-order valence-corrected chi connectivity index (χ3v) is 12.5. The fourth-order valence-electron chi connectivity index (χ4n) is 6.73. The van der Waals surface area contributed by atoms with E-state index in [0.717, 1.165) is 82.6 Å². The summed E-state index contributed by atoms with van der Waals surface area (Å²) in [5, 5.41) is 6.13. The summed E-state index contributed by atoms with van der Waals surface area (Å²) in [6.07, 6.45) is 11.9. The van der Waals surface area contributed by atoms with Crippen LogP contribution < -0.4 is 5.32 Å². The molecule has 10 nitrogen and oxygen atoms in total. The number of nitrogens with zero attached hydrogens (tertiary/aromatic N) is 5. The number of thioether (sulfide) groups is 1. The molecule has 0 saturated carbocycles. The zero-order valence-electron chi connectivity index (χ0n) is 27.4. The van der Waals surface area contributed by atoms with E-state index in [4.69, 9.17) is 21.1 Å². The summed E-state index contributed by atoms with van der Waals surface area (Å²) >= 11 is 11.1. The van der Waals surface area contributed by atoms with E-state index in [1.807, 2.05) is 20.1 Å². The molecule has 1 aliphatic heterocycles. The molecule has 0 spiro atoms. The lowest BCUT2D eigenvalue weighted by atomic mass is 9.88. The van der Waals surface area contributed by atoms with Crippen molar-refractivity contribution in [2.45, 2.75) is 63.8 Å². The van der Waals surface area contributed by atoms with Gasteiger partial charge in [0.05, 0.1) is 48.1 Å². The number of thiophene rings is 2. The fourth-order valence-corrected chi connectivity index (χ4v) is 10.2. The van der Waals surface area contributed by atoms with Crippen LogP contribution in [0.15, 0.2) is 34.7 Å². The van der Waals surface area contributed by atoms with Gasteiger partial charge in [-0.1, -0.05) is 11.6 Å². The molecule has 0 radical (unpaired) electrons. The fraction of sp³-hybridized carbons (Fsp3) is 0.400. The van der Waals surface area contributed by atoms with Crippen LogP contribution in [0.5, 0.6) is 0 Å². The topological polar surface area (TPSA) is 129 Å². The van der Waals surface area contributed by atoms with Crippen LogP contribution in [-0.4, -0.2) is 57.6 Å². The van der Waals surface area contributed by atoms with Crippen molar-refractivity contribution in [2.24, 2.45) is 16.8 Å². The van der Waals surface area contributed by atoms with Crippen molar-refractivity contribution < 1.29 is 19.1 Å². The maximum absolute atomic E-state index is 12.2. The van der Waals surface area contributed by atoms with Crippen LogP contribution in [0.25, 0.3) is 20.4 Å². The minimum absolute atomic E-state index is 0.0350. The minimum atomic E-state index is -0.0946. The number of aliphatic imine (C=N–C) groups is 1. The maximum atomic E-state index is 12.2. The van der Waals surface area contributed by atoms with Gasteiger partial charge in [0.2, 0.25) is 0 Å². The molecule has 1 aromatic carbocycles. The Hall–Kier alpha value is -3.65. The van der Waals surface area contributed by atoms with E-state index >= 15 is 0 Å². The molecule has 3 aliphatic rings. The summed E-state index contributed by atoms with van der Waals surface area (Å²) in [5.74, 6) is 0.552. The largest absolute Gasteiger partial charge is 0.466 e. The van der Waals surface area contributed by atoms with Gasteiger partial charge in [0.25, 0.3) is 0 Å². The number of aryl methyl sites for hydroxylation is 2. The van der Waals surface area contributed by atoms with E-state index in [2.05, 4.69) is 48.6 Å². The van der Waals surface area contributed by atoms with E-state index in [1.165, 1.54) is 37.7 Å². The molecule has 0 bridgehead atoms. The summed E-state index contributed by atoms with van der Waals surface area (Å²) in [4.78, 5) is 51.3. The van der Waals surface area contributed by atoms with Gasteiger partial charge in [-0.05, 0) is 93.0 Å². The molecule has 2 aliphatic carbocycles. The van der Waals surface area contributed by atoms with Crippen molar-refractivity contribution in [3.8, 4) is 0 Å². The number of carbonyl (C=O) groups is 2. The summed E-state index contributed by atoms with van der Waals surface area (Å²) in [6.45, 7) is 5.30. The van der Waals surface area contributed by atoms with Gasteiger partial charge in [0.1, 0.15) is 33.3 Å². The smallest absolute Gasteiger partial charge is 0.309 e. The van der Waals surface area contributed by atoms with Gasteiger partial charge in [-0.25, -0.2) is 19.9 Å². The van der Waals surface area contributed by atoms with E-state index in [1.54, 1.807) is 40.8 Å². The number of benzene rings is 1. The lowest BCUT2D eigenvalue weighted by Gasteiger charge is -2.21. The molecule has 0 amide bonds. The van der Waals surface area contributed by atoms with E-state index in [9.17, 15) is 9.59 Å². The average Bonchev–Trinajstić information content (AvgIpc) is 3.83. The molecule has 5 heterocycles. The Morgan fingerprint density at radius 1 is 0.898 bits per heavy atom. The van der Waals surface area contributed by atoms with E-state index < -0.39 is 0 Å². The summed E-state index contributed by atoms with van der Waals surface area (Å²) < 4.78 is 10.4. The number of rotatable bonds is 7. The first-order valence-electron chi connectivity index (χ1n) is 16.3. The molecule has 49 heavy (non-hydrogen) atoms. The van der Waals surface area contributed by atoms with Gasteiger partial charge >= 0.3 is 11.9 Å². The first-order valence-corrected chi connectivity index (χ1v) is 19.6. The van der Waals surface area contributed by atoms with Crippen LogP contribution >= 0.6 is 46.0 Å². The van der Waals surface area contributed by atoms with E-state index in [0.29, 0.717) is 18.4 Å². The van der Waals surface area contributed by atoms with Crippen molar-refractivity contribution in [2.75, 3.05) is 24.8 Å². The SMILES string of the molecule is CCOC(=O)[C@H]1CCc2c(sc3ncnc(Cl)c23)C1.CCOC(=O)[C@H]1CCc2c(sc3ncnc(Nc4cc5c(cc4SC)CN=C5)c23)C1. The Morgan fingerprint density at radius 2 is 1.51 bits per heavy atom. The second-order valence-electron chi connectivity index (χ2n) is 12.0. The van der Waals surface area contributed by atoms with Gasteiger partial charge in [-0.2, -0.15) is 0 Å². The zero-order chi connectivity index (χ0) is 34.1. The van der Waals surface area contributed by atoms with Crippen LogP contribution in [0.1, 0.15) is 58.7 Å². The molecule has 14 heteroatoms. The predicted molar refractivity (Wildman–Crippen MR) is 197 cm³/mol. The highest BCUT2D eigenvalue weighted by molar-refractivity contribution is 7.98. The summed E-state index contributed by atoms with van der Waals surface area (Å²) in [7, 11) is 0. The highest BCUT2D eigenvalue weighted by atomic mass is 35.5. The third kappa shape index (κ3) is 6.78. The Labute approximate surface area is 301 Å². The Balaban J connectivity index is 0.000000171. The maximum Gasteiger partial charge on any atom is 0.309 e. The van der Waals surface area contributed by atoms with Gasteiger partial charge in [0, 0.05) is 20.9 Å². The number of esters is 2. The first kappa shape index (κ1) is 33.8. The predicted octanol–water partition coefficient (Wildman–Crippen LogP) is 7.77. The summed E-state index contributed by atoms with van der Waals surface area (Å²) in [6, 6.07) is 4.36. The molecular weight excluding hydrogens is 700 g/mol. The number of fused-ring (bicyclic) bond motifs is 7. The molecule has 5 aromatic rings. The van der Waals surface area contributed by atoms with Crippen LogP contribution in [0.3, 0.4) is 0 Å². The Morgan fingerprint density at radius 3 is 2.14 bits per heavy atom. The number of halogens is 1. The molecule has 0 unspecified atom stereocenters. The third-order valence-electron chi connectivity index (χ3n) is 9.09. The number of aromatic nitrogens is 4. The normalized spacial score (nSPS) is 17.6. The van der Waals surface area contributed by atoms with E-state index in [-0.39, 0.29) is 23.8 Å². The van der Waals surface area contributed by atoms with Crippen molar-refractivity contribution in [3.05, 3.63) is 61.9 Å². The van der Waals surface area contributed by atoms with Crippen LogP contribution in [0.4, 0.5) is 11.5 Å². The van der Waals surface area contributed by atoms with Gasteiger partial charge in [-0.15, -0.1) is 34.4 Å². The molecule has 0 fully saturated rings. The molecule has 8 rings (SSSR count). The molecule has 2 atom stereocenters. The van der Waals surface area contributed by atoms with Gasteiger partial charge in [0.15, 0.2) is 0 Å². The lowest BCUT2D eigenvalue weighted by molar-refractivity contribution is -0.149. The monoisotopic (exact) mass is 734 g/mol. The second-order valence-corrected chi connectivity index (χ2v) is 15.4. The van der Waals surface area contributed by atoms with Crippen LogP contribution in [0, 0.1) is 11.8 Å². The highest BCUT2D eigenvalue weighted by Crippen LogP contribution is 2.42. The second kappa shape index (κ2) is 14.7. The van der Waals surface area contributed by atoms with Crippen molar-refractivity contribution >= 4 is 96.1 Å². The molecule has 0 saturated heterocycles. The standard InChI is InChI=1S/C22H22N4O2S2.C13H13ClN2O2S/c1-3-28-22(27)12-4-5-15-17(7-12)30-21-19(15)20(24-11-25-21)26-16-6-13-9-23-10-14(13)8-18(16)29-2;1-2-18-13(17)7-3-4-8-9(5-7)19-12-10(8)11(14)15-6-16-12/h6,8-9,11-12H,3-5,7,10H2,1-2H3,(H,24,25,26);6-7H,2-5H2,1H3/t12-;7-/m00/s1. The quantitative estimate of drug-likeness (QED) is 0.101. The Bertz CT molecular complexity index is 2100. The summed E-state index contributed by atoms with van der Waals surface area (Å²) in [5.41, 5.74) is 5.94. The zero-order valence-corrected chi connectivity index (χ0v) is 30.6. The average molecular weight is 735 g/mol. The number of carbonyl (C=O) groups excluding carboxylic acids is 2. The molecule has 1 N–H and O–H groups in total. The van der Waals surface area contributed by atoms with Crippen molar-refractivity contribution in [1.82, 2.24) is 19.9 Å². The lowest BCUT2D eigenvalue weighted by Crippen LogP contribution is -2.23. The number of anilines is 2. The van der Waals surface area contributed by atoms with Crippen molar-refractivity contribution in [3.63, 3.8) is 0 Å². The number of hydrogen-bond acceptors (Lipinski definition) is 13. The van der Waals surface area contributed by atoms with Crippen LogP contribution in [-0.2, 0) is 51.3 Å². The molecule has 4 aromatic heterocycles. The number of nitrogens with one attached hydrogen (secondary N) is 1.